The van der Waals surface area contributed by atoms with E-state index in [0.717, 1.165) is 36.5 Å². The van der Waals surface area contributed by atoms with Gasteiger partial charge in [0.05, 0.1) is 0 Å². The van der Waals surface area contributed by atoms with E-state index in [0.29, 0.717) is 29.0 Å². The molecule has 0 aromatic carbocycles. The smallest absolute Gasteiger partial charge is 0.156 e. The molecule has 0 bridgehead atoms. The second-order valence-electron chi connectivity index (χ2n) is 11.7. The van der Waals surface area contributed by atoms with Crippen molar-refractivity contribution in [3.8, 4) is 0 Å². The van der Waals surface area contributed by atoms with Crippen LogP contribution in [0, 0.1) is 52.3 Å². The van der Waals surface area contributed by atoms with E-state index in [1.54, 1.807) is 0 Å². The summed E-state index contributed by atoms with van der Waals surface area (Å²) in [7, 11) is 0. The van der Waals surface area contributed by atoms with Crippen molar-refractivity contribution in [3.63, 3.8) is 0 Å². The lowest BCUT2D eigenvalue weighted by atomic mass is 9.48. The topological polar surface area (TPSA) is 17.1 Å². The Kier molecular flexibility index (Phi) is 5.50. The maximum atomic E-state index is 12.0. The Labute approximate surface area is 179 Å². The van der Waals surface area contributed by atoms with Gasteiger partial charge in [-0.2, -0.15) is 0 Å². The number of allylic oxidation sites excluding steroid dienone is 6. The molecular formula is C28H42O. The highest BCUT2D eigenvalue weighted by molar-refractivity contribution is 5.92. The fraction of sp³-hybridized carbons (Fsp3) is 0.750. The maximum absolute atomic E-state index is 12.0. The molecule has 0 aromatic heterocycles. The predicted molar refractivity (Wildman–Crippen MR) is 122 cm³/mol. The molecule has 4 aliphatic rings. The van der Waals surface area contributed by atoms with Crippen LogP contribution in [0.25, 0.3) is 0 Å². The highest BCUT2D eigenvalue weighted by Crippen LogP contribution is 2.66. The van der Waals surface area contributed by atoms with Gasteiger partial charge in [-0.15, -0.1) is 0 Å². The van der Waals surface area contributed by atoms with Crippen molar-refractivity contribution >= 4 is 5.78 Å². The Balaban J connectivity index is 1.57. The minimum atomic E-state index is 0.227. The molecule has 8 atom stereocenters. The van der Waals surface area contributed by atoms with Gasteiger partial charge in [0.1, 0.15) is 0 Å². The molecule has 1 nitrogen and oxygen atoms in total. The van der Waals surface area contributed by atoms with Crippen molar-refractivity contribution in [3.05, 3.63) is 36.0 Å². The first kappa shape index (κ1) is 21.1. The number of carbonyl (C=O) groups is 1. The molecule has 160 valence electrons. The Morgan fingerprint density at radius 3 is 2.48 bits per heavy atom. The fourth-order valence-electron chi connectivity index (χ4n) is 7.61. The average Bonchev–Trinajstić information content (AvgIpc) is 3.03. The molecule has 29 heavy (non-hydrogen) atoms. The fourth-order valence-corrected chi connectivity index (χ4v) is 7.61. The largest absolute Gasteiger partial charge is 0.295 e. The van der Waals surface area contributed by atoms with Gasteiger partial charge in [-0.05, 0) is 96.0 Å². The Morgan fingerprint density at radius 1 is 1.00 bits per heavy atom. The van der Waals surface area contributed by atoms with Crippen molar-refractivity contribution in [1.82, 2.24) is 0 Å². The Hall–Kier alpha value is -1.11. The van der Waals surface area contributed by atoms with Gasteiger partial charge in [-0.1, -0.05) is 65.8 Å². The molecule has 0 N–H and O–H groups in total. The Bertz CT molecular complexity index is 739. The molecule has 0 saturated heterocycles. The first-order chi connectivity index (χ1) is 13.7. The van der Waals surface area contributed by atoms with Crippen LogP contribution in [0.1, 0.15) is 80.1 Å². The van der Waals surface area contributed by atoms with E-state index in [-0.39, 0.29) is 5.41 Å². The molecule has 4 aliphatic carbocycles. The van der Waals surface area contributed by atoms with E-state index in [4.69, 9.17) is 0 Å². The van der Waals surface area contributed by atoms with Crippen LogP contribution < -0.4 is 0 Å². The standard InChI is InChI=1S/C28H42O/c1-18(2)19(3)7-8-20(4)24-11-12-25-23-10-9-21-17-22(29)13-15-27(21,5)26(23)14-16-28(24,25)6/h7-10,17-20,23-26H,11-16H2,1-6H3. The Morgan fingerprint density at radius 2 is 1.76 bits per heavy atom. The highest BCUT2D eigenvalue weighted by Gasteiger charge is 2.58. The number of carbonyl (C=O) groups excluding carboxylic acids is 1. The quantitative estimate of drug-likeness (QED) is 0.454. The van der Waals surface area contributed by atoms with Crippen LogP contribution in [0.3, 0.4) is 0 Å². The van der Waals surface area contributed by atoms with Gasteiger partial charge in [0.2, 0.25) is 0 Å². The molecule has 0 heterocycles. The molecule has 0 radical (unpaired) electrons. The summed E-state index contributed by atoms with van der Waals surface area (Å²) in [5, 5.41) is 0. The van der Waals surface area contributed by atoms with Crippen molar-refractivity contribution in [1.29, 1.82) is 0 Å². The molecule has 0 amide bonds. The zero-order valence-corrected chi connectivity index (χ0v) is 19.6. The van der Waals surface area contributed by atoms with Crippen LogP contribution in [0.4, 0.5) is 0 Å². The lowest BCUT2D eigenvalue weighted by Gasteiger charge is -2.56. The molecule has 0 aromatic rings. The summed E-state index contributed by atoms with van der Waals surface area (Å²) in [6.45, 7) is 14.6. The van der Waals surface area contributed by atoms with E-state index in [1.807, 2.05) is 6.08 Å². The SMILES string of the molecule is CC(C)C(C)C=CC(C)C1CCC2C3C=CC4=CC(=O)CCC4(C)C3CCC12C. The summed E-state index contributed by atoms with van der Waals surface area (Å²) in [6.07, 6.45) is 19.1. The number of fused-ring (bicyclic) bond motifs is 5. The van der Waals surface area contributed by atoms with Crippen LogP contribution in [0.15, 0.2) is 36.0 Å². The van der Waals surface area contributed by atoms with Crippen molar-refractivity contribution < 1.29 is 4.79 Å². The molecule has 0 aliphatic heterocycles. The summed E-state index contributed by atoms with van der Waals surface area (Å²) in [5.41, 5.74) is 2.02. The highest BCUT2D eigenvalue weighted by atomic mass is 16.1. The zero-order chi connectivity index (χ0) is 21.0. The summed E-state index contributed by atoms with van der Waals surface area (Å²) in [4.78, 5) is 12.0. The normalized spacial score (nSPS) is 43.7. The van der Waals surface area contributed by atoms with Gasteiger partial charge in [-0.25, -0.2) is 0 Å². The molecule has 2 saturated carbocycles. The van der Waals surface area contributed by atoms with E-state index < -0.39 is 0 Å². The van der Waals surface area contributed by atoms with Crippen LogP contribution in [0.5, 0.6) is 0 Å². The van der Waals surface area contributed by atoms with Gasteiger partial charge in [0.25, 0.3) is 0 Å². The van der Waals surface area contributed by atoms with Gasteiger partial charge in [0.15, 0.2) is 5.78 Å². The van der Waals surface area contributed by atoms with E-state index in [1.165, 1.54) is 31.3 Å². The summed E-state index contributed by atoms with van der Waals surface area (Å²) < 4.78 is 0. The molecule has 2 fully saturated rings. The van der Waals surface area contributed by atoms with Crippen LogP contribution in [0.2, 0.25) is 0 Å². The first-order valence-electron chi connectivity index (χ1n) is 12.3. The van der Waals surface area contributed by atoms with Crippen molar-refractivity contribution in [2.75, 3.05) is 0 Å². The zero-order valence-electron chi connectivity index (χ0n) is 19.6. The summed E-state index contributed by atoms with van der Waals surface area (Å²) in [6, 6.07) is 0. The van der Waals surface area contributed by atoms with E-state index in [2.05, 4.69) is 65.8 Å². The third-order valence-electron chi connectivity index (χ3n) is 9.99. The maximum Gasteiger partial charge on any atom is 0.156 e. The summed E-state index contributed by atoms with van der Waals surface area (Å²) in [5.74, 6) is 5.46. The van der Waals surface area contributed by atoms with Gasteiger partial charge in [0, 0.05) is 6.42 Å². The van der Waals surface area contributed by atoms with Crippen LogP contribution in [-0.2, 0) is 4.79 Å². The minimum absolute atomic E-state index is 0.227. The van der Waals surface area contributed by atoms with E-state index >= 15 is 0 Å². The molecule has 4 rings (SSSR count). The van der Waals surface area contributed by atoms with Gasteiger partial charge < -0.3 is 0 Å². The number of hydrogen-bond donors (Lipinski definition) is 0. The van der Waals surface area contributed by atoms with Crippen molar-refractivity contribution in [2.45, 2.75) is 80.1 Å². The summed E-state index contributed by atoms with van der Waals surface area (Å²) >= 11 is 0. The third kappa shape index (κ3) is 3.41. The number of hydrogen-bond acceptors (Lipinski definition) is 1. The average molecular weight is 395 g/mol. The van der Waals surface area contributed by atoms with Gasteiger partial charge in [-0.3, -0.25) is 4.79 Å². The first-order valence-corrected chi connectivity index (χ1v) is 12.3. The predicted octanol–water partition coefficient (Wildman–Crippen LogP) is 7.39. The molecule has 1 heteroatoms. The van der Waals surface area contributed by atoms with Crippen LogP contribution in [-0.4, -0.2) is 5.78 Å². The monoisotopic (exact) mass is 394 g/mol. The lowest BCUT2D eigenvalue weighted by molar-refractivity contribution is -0.116. The number of ketones is 1. The van der Waals surface area contributed by atoms with Gasteiger partial charge >= 0.3 is 0 Å². The lowest BCUT2D eigenvalue weighted by Crippen LogP contribution is -2.49. The molecule has 8 unspecified atom stereocenters. The number of rotatable bonds is 4. The molecule has 0 spiro atoms. The third-order valence-corrected chi connectivity index (χ3v) is 9.99. The second-order valence-corrected chi connectivity index (χ2v) is 11.7. The van der Waals surface area contributed by atoms with E-state index in [9.17, 15) is 4.79 Å². The second kappa shape index (κ2) is 7.54. The van der Waals surface area contributed by atoms with Crippen LogP contribution >= 0.6 is 0 Å². The molecular weight excluding hydrogens is 352 g/mol. The van der Waals surface area contributed by atoms with Crippen molar-refractivity contribution in [2.24, 2.45) is 52.3 Å². The minimum Gasteiger partial charge on any atom is -0.295 e.